The molecule has 4 nitrogen and oxygen atoms in total. The number of rotatable bonds is 5. The van der Waals surface area contributed by atoms with Gasteiger partial charge in [0, 0.05) is 24.5 Å². The van der Waals surface area contributed by atoms with Gasteiger partial charge in [-0.3, -0.25) is 0 Å². The maximum Gasteiger partial charge on any atom is 0.227 e. The maximum absolute atomic E-state index is 5.79. The summed E-state index contributed by atoms with van der Waals surface area (Å²) < 4.78 is 4.88. The fraction of sp³-hybridized carbons (Fsp3) is 0.273. The molecule has 84 valence electrons. The fourth-order valence-electron chi connectivity index (χ4n) is 1.34. The maximum atomic E-state index is 5.79. The van der Waals surface area contributed by atoms with Crippen LogP contribution < -0.4 is 5.32 Å². The summed E-state index contributed by atoms with van der Waals surface area (Å²) in [6, 6.07) is 7.78. The van der Waals surface area contributed by atoms with Gasteiger partial charge in [0.15, 0.2) is 6.33 Å². The second-order valence-electron chi connectivity index (χ2n) is 3.39. The highest BCUT2D eigenvalue weighted by Crippen LogP contribution is 2.08. The monoisotopic (exact) mass is 237 g/mol. The van der Waals surface area contributed by atoms with Crippen molar-refractivity contribution in [1.29, 1.82) is 0 Å². The van der Waals surface area contributed by atoms with Crippen LogP contribution in [-0.4, -0.2) is 16.7 Å². The summed E-state index contributed by atoms with van der Waals surface area (Å²) in [6.45, 7) is 1.62. The molecule has 0 aliphatic carbocycles. The van der Waals surface area contributed by atoms with Gasteiger partial charge < -0.3 is 9.84 Å². The van der Waals surface area contributed by atoms with Gasteiger partial charge in [-0.25, -0.2) is 0 Å². The van der Waals surface area contributed by atoms with Crippen LogP contribution >= 0.6 is 11.6 Å². The van der Waals surface area contributed by atoms with Crippen molar-refractivity contribution in [3.63, 3.8) is 0 Å². The molecule has 0 amide bonds. The van der Waals surface area contributed by atoms with Crippen LogP contribution in [0, 0.1) is 0 Å². The summed E-state index contributed by atoms with van der Waals surface area (Å²) >= 11 is 5.79. The number of nitrogens with zero attached hydrogens (tertiary/aromatic N) is 2. The Morgan fingerprint density at radius 2 is 2.06 bits per heavy atom. The van der Waals surface area contributed by atoms with Crippen molar-refractivity contribution >= 4 is 11.6 Å². The SMILES string of the molecule is Clc1ccc(CNCCc2ncno2)cc1. The number of halogens is 1. The first-order chi connectivity index (χ1) is 7.84. The van der Waals surface area contributed by atoms with Gasteiger partial charge in [-0.05, 0) is 17.7 Å². The average Bonchev–Trinajstić information content (AvgIpc) is 2.80. The van der Waals surface area contributed by atoms with Gasteiger partial charge >= 0.3 is 0 Å². The van der Waals surface area contributed by atoms with E-state index in [1.54, 1.807) is 0 Å². The molecule has 1 heterocycles. The Bertz CT molecular complexity index is 413. The Kier molecular flexibility index (Phi) is 3.91. The van der Waals surface area contributed by atoms with Gasteiger partial charge in [-0.1, -0.05) is 28.9 Å². The molecule has 5 heteroatoms. The van der Waals surface area contributed by atoms with E-state index < -0.39 is 0 Å². The smallest absolute Gasteiger partial charge is 0.227 e. The zero-order valence-corrected chi connectivity index (χ0v) is 9.44. The molecule has 0 bridgehead atoms. The molecule has 0 unspecified atom stereocenters. The summed E-state index contributed by atoms with van der Waals surface area (Å²) in [5.41, 5.74) is 1.20. The van der Waals surface area contributed by atoms with Gasteiger partial charge in [-0.2, -0.15) is 4.98 Å². The highest BCUT2D eigenvalue weighted by atomic mass is 35.5. The second kappa shape index (κ2) is 5.63. The number of aromatic nitrogens is 2. The van der Waals surface area contributed by atoms with Crippen molar-refractivity contribution < 1.29 is 4.52 Å². The van der Waals surface area contributed by atoms with E-state index in [1.807, 2.05) is 24.3 Å². The molecular formula is C11H12ClN3O. The Hall–Kier alpha value is -1.39. The summed E-state index contributed by atoms with van der Waals surface area (Å²) in [7, 11) is 0. The zero-order chi connectivity index (χ0) is 11.2. The van der Waals surface area contributed by atoms with Crippen molar-refractivity contribution in [3.05, 3.63) is 47.1 Å². The molecular weight excluding hydrogens is 226 g/mol. The van der Waals surface area contributed by atoms with Gasteiger partial charge in [0.25, 0.3) is 0 Å². The topological polar surface area (TPSA) is 51.0 Å². The summed E-state index contributed by atoms with van der Waals surface area (Å²) in [4.78, 5) is 3.94. The predicted octanol–water partition coefficient (Wildman–Crippen LogP) is 2.06. The minimum atomic E-state index is 0.656. The van der Waals surface area contributed by atoms with Crippen molar-refractivity contribution in [2.75, 3.05) is 6.54 Å². The largest absolute Gasteiger partial charge is 0.340 e. The quantitative estimate of drug-likeness (QED) is 0.809. The van der Waals surface area contributed by atoms with Crippen LogP contribution in [0.4, 0.5) is 0 Å². The lowest BCUT2D eigenvalue weighted by Gasteiger charge is -2.03. The van der Waals surface area contributed by atoms with Crippen LogP contribution in [0.3, 0.4) is 0 Å². The Morgan fingerprint density at radius 3 is 2.75 bits per heavy atom. The summed E-state index contributed by atoms with van der Waals surface area (Å²) in [5.74, 6) is 0.656. The van der Waals surface area contributed by atoms with E-state index in [-0.39, 0.29) is 0 Å². The molecule has 0 aliphatic rings. The molecule has 1 aromatic heterocycles. The number of nitrogens with one attached hydrogen (secondary N) is 1. The first kappa shape index (κ1) is 11.1. The van der Waals surface area contributed by atoms with Gasteiger partial charge in [0.05, 0.1) is 0 Å². The molecule has 0 atom stereocenters. The Morgan fingerprint density at radius 1 is 1.25 bits per heavy atom. The van der Waals surface area contributed by atoms with E-state index in [0.29, 0.717) is 5.89 Å². The van der Waals surface area contributed by atoms with Crippen molar-refractivity contribution in [2.24, 2.45) is 0 Å². The molecule has 0 spiro atoms. The third-order valence-electron chi connectivity index (χ3n) is 2.16. The highest BCUT2D eigenvalue weighted by Gasteiger charge is 1.98. The standard InChI is InChI=1S/C11H12ClN3O/c12-10-3-1-9(2-4-10)7-13-6-5-11-14-8-15-16-11/h1-4,8,13H,5-7H2. The van der Waals surface area contributed by atoms with E-state index in [2.05, 4.69) is 15.5 Å². The first-order valence-corrected chi connectivity index (χ1v) is 5.43. The molecule has 0 saturated heterocycles. The molecule has 0 aliphatic heterocycles. The van der Waals surface area contributed by atoms with Gasteiger partial charge in [0.1, 0.15) is 0 Å². The Balaban J connectivity index is 1.70. The highest BCUT2D eigenvalue weighted by molar-refractivity contribution is 6.30. The van der Waals surface area contributed by atoms with Crippen LogP contribution in [0.5, 0.6) is 0 Å². The van der Waals surface area contributed by atoms with Crippen molar-refractivity contribution in [3.8, 4) is 0 Å². The molecule has 0 saturated carbocycles. The molecule has 1 aromatic carbocycles. The van der Waals surface area contributed by atoms with Crippen LogP contribution in [-0.2, 0) is 13.0 Å². The molecule has 0 fully saturated rings. The normalized spacial score (nSPS) is 10.6. The number of benzene rings is 1. The van der Waals surface area contributed by atoms with Crippen LogP contribution in [0.25, 0.3) is 0 Å². The Labute approximate surface area is 98.6 Å². The first-order valence-electron chi connectivity index (χ1n) is 5.05. The zero-order valence-electron chi connectivity index (χ0n) is 8.69. The molecule has 0 radical (unpaired) electrons. The van der Waals surface area contributed by atoms with E-state index in [1.165, 1.54) is 11.9 Å². The van der Waals surface area contributed by atoms with E-state index in [0.717, 1.165) is 24.5 Å². The number of hydrogen-bond donors (Lipinski definition) is 1. The van der Waals surface area contributed by atoms with Crippen molar-refractivity contribution in [2.45, 2.75) is 13.0 Å². The minimum absolute atomic E-state index is 0.656. The molecule has 16 heavy (non-hydrogen) atoms. The van der Waals surface area contributed by atoms with Crippen LogP contribution in [0.15, 0.2) is 35.1 Å². The predicted molar refractivity (Wildman–Crippen MR) is 61.2 cm³/mol. The van der Waals surface area contributed by atoms with E-state index in [4.69, 9.17) is 16.1 Å². The molecule has 2 rings (SSSR count). The average molecular weight is 238 g/mol. The van der Waals surface area contributed by atoms with E-state index in [9.17, 15) is 0 Å². The number of hydrogen-bond acceptors (Lipinski definition) is 4. The molecule has 2 aromatic rings. The lowest BCUT2D eigenvalue weighted by atomic mass is 10.2. The van der Waals surface area contributed by atoms with Gasteiger partial charge in [0.2, 0.25) is 5.89 Å². The third kappa shape index (κ3) is 3.32. The molecule has 1 N–H and O–H groups in total. The van der Waals surface area contributed by atoms with Gasteiger partial charge in [-0.15, -0.1) is 0 Å². The fourth-order valence-corrected chi connectivity index (χ4v) is 1.46. The summed E-state index contributed by atoms with van der Waals surface area (Å²) in [5, 5.41) is 7.59. The lowest BCUT2D eigenvalue weighted by Crippen LogP contribution is -2.16. The van der Waals surface area contributed by atoms with Crippen molar-refractivity contribution in [1.82, 2.24) is 15.5 Å². The minimum Gasteiger partial charge on any atom is -0.340 e. The van der Waals surface area contributed by atoms with Crippen LogP contribution in [0.1, 0.15) is 11.5 Å². The summed E-state index contributed by atoms with van der Waals surface area (Å²) in [6.07, 6.45) is 2.15. The second-order valence-corrected chi connectivity index (χ2v) is 3.82. The lowest BCUT2D eigenvalue weighted by molar-refractivity contribution is 0.375. The third-order valence-corrected chi connectivity index (χ3v) is 2.42. The van der Waals surface area contributed by atoms with Crippen LogP contribution in [0.2, 0.25) is 5.02 Å². The van der Waals surface area contributed by atoms with E-state index >= 15 is 0 Å².